The molecule has 1 heterocycles. The molecule has 8 heteroatoms. The average Bonchev–Trinajstić information content (AvgIpc) is 2.79. The number of hydrogen-bond donors (Lipinski definition) is 1. The Kier molecular flexibility index (Phi) is 3.78. The number of nitrogens with zero attached hydrogens (tertiary/aromatic N) is 3. The van der Waals surface area contributed by atoms with Gasteiger partial charge in [0.05, 0.1) is 10.6 Å². The maximum Gasteiger partial charge on any atom is 0.271 e. The van der Waals surface area contributed by atoms with Crippen LogP contribution in [0, 0.1) is 10.1 Å². The molecule has 0 unspecified atom stereocenters. The van der Waals surface area contributed by atoms with Crippen molar-refractivity contribution < 1.29 is 4.92 Å². The average molecular weight is 282 g/mol. The van der Waals surface area contributed by atoms with Crippen molar-refractivity contribution >= 4 is 34.7 Å². The molecule has 0 saturated heterocycles. The van der Waals surface area contributed by atoms with E-state index in [9.17, 15) is 10.1 Å². The normalized spacial score (nSPS) is 10.5. The summed E-state index contributed by atoms with van der Waals surface area (Å²) in [5.74, 6) is 0.794. The smallest absolute Gasteiger partial charge is 0.271 e. The molecule has 0 aliphatic carbocycles. The Morgan fingerprint density at radius 3 is 2.89 bits per heavy atom. The minimum atomic E-state index is -0.467. The first-order valence-corrected chi connectivity index (χ1v) is 6.73. The van der Waals surface area contributed by atoms with Crippen molar-refractivity contribution in [2.45, 2.75) is 22.6 Å². The minimum absolute atomic E-state index is 0.0108. The van der Waals surface area contributed by atoms with Crippen molar-refractivity contribution in [3.63, 3.8) is 0 Å². The van der Waals surface area contributed by atoms with Crippen molar-refractivity contribution in [1.29, 1.82) is 0 Å². The molecule has 0 aliphatic heterocycles. The highest BCUT2D eigenvalue weighted by atomic mass is 32.2. The Labute approximate surface area is 112 Å². The zero-order valence-corrected chi connectivity index (χ0v) is 11.1. The Hall–Kier alpha value is -1.67. The summed E-state index contributed by atoms with van der Waals surface area (Å²) < 4.78 is 4.95. The number of nitro benzene ring substituents is 1. The van der Waals surface area contributed by atoms with Crippen molar-refractivity contribution in [3.05, 3.63) is 34.1 Å². The van der Waals surface area contributed by atoms with Gasteiger partial charge in [-0.2, -0.15) is 4.37 Å². The second-order valence-corrected chi connectivity index (χ2v) is 5.45. The topological polar surface area (TPSA) is 94.9 Å². The molecule has 0 fully saturated rings. The van der Waals surface area contributed by atoms with Gasteiger partial charge in [0.1, 0.15) is 5.82 Å². The quantitative estimate of drug-likeness (QED) is 0.526. The summed E-state index contributed by atoms with van der Waals surface area (Å²) in [7, 11) is 0. The van der Waals surface area contributed by atoms with Gasteiger partial charge in [0.25, 0.3) is 5.69 Å². The lowest BCUT2D eigenvalue weighted by atomic mass is 10.3. The Morgan fingerprint density at radius 1 is 1.56 bits per heavy atom. The number of hydrogen-bond acceptors (Lipinski definition) is 7. The van der Waals surface area contributed by atoms with Crippen LogP contribution in [0.5, 0.6) is 0 Å². The molecule has 2 N–H and O–H groups in total. The van der Waals surface area contributed by atoms with E-state index in [4.69, 9.17) is 5.73 Å². The molecule has 18 heavy (non-hydrogen) atoms. The summed E-state index contributed by atoms with van der Waals surface area (Å²) in [6.45, 7) is 1.98. The fourth-order valence-electron chi connectivity index (χ4n) is 1.26. The van der Waals surface area contributed by atoms with Gasteiger partial charge < -0.3 is 5.73 Å². The number of nitrogens with two attached hydrogens (primary N) is 1. The van der Waals surface area contributed by atoms with E-state index in [0.717, 1.165) is 21.5 Å². The van der Waals surface area contributed by atoms with E-state index in [1.807, 2.05) is 6.92 Å². The zero-order valence-electron chi connectivity index (χ0n) is 9.49. The van der Waals surface area contributed by atoms with Gasteiger partial charge in [0.15, 0.2) is 4.34 Å². The summed E-state index contributed by atoms with van der Waals surface area (Å²) in [5, 5.41) is 10.6. The van der Waals surface area contributed by atoms with Crippen molar-refractivity contribution in [2.24, 2.45) is 0 Å². The SMILES string of the molecule is CCc1nsc(Sc2ccc([N+](=O)[O-])cc2N)n1. The minimum Gasteiger partial charge on any atom is -0.398 e. The first kappa shape index (κ1) is 12.8. The largest absolute Gasteiger partial charge is 0.398 e. The molecule has 0 spiro atoms. The van der Waals surface area contributed by atoms with Gasteiger partial charge in [-0.3, -0.25) is 10.1 Å². The molecule has 0 aliphatic rings. The van der Waals surface area contributed by atoms with Crippen LogP contribution in [0.2, 0.25) is 0 Å². The van der Waals surface area contributed by atoms with Crippen molar-refractivity contribution in [3.8, 4) is 0 Å². The number of non-ortho nitro benzene ring substituents is 1. The van der Waals surface area contributed by atoms with Crippen LogP contribution < -0.4 is 5.73 Å². The standard InChI is InChI=1S/C10H10N4O2S2/c1-2-9-12-10(18-13-9)17-8-4-3-6(14(15)16)5-7(8)11/h3-5H,2,11H2,1H3. The van der Waals surface area contributed by atoms with Crippen LogP contribution in [0.25, 0.3) is 0 Å². The van der Waals surface area contributed by atoms with E-state index in [1.165, 1.54) is 35.4 Å². The van der Waals surface area contributed by atoms with E-state index in [-0.39, 0.29) is 5.69 Å². The predicted octanol–water partition coefficient (Wildman–Crippen LogP) is 2.74. The van der Waals surface area contributed by atoms with E-state index in [0.29, 0.717) is 5.69 Å². The molecule has 0 amide bonds. The molecule has 0 atom stereocenters. The molecule has 1 aromatic heterocycles. The van der Waals surface area contributed by atoms with E-state index >= 15 is 0 Å². The lowest BCUT2D eigenvalue weighted by Gasteiger charge is -2.01. The number of rotatable bonds is 4. The zero-order chi connectivity index (χ0) is 13.1. The van der Waals surface area contributed by atoms with E-state index in [2.05, 4.69) is 9.36 Å². The van der Waals surface area contributed by atoms with Crippen LogP contribution >= 0.6 is 23.3 Å². The van der Waals surface area contributed by atoms with Crippen LogP contribution in [0.1, 0.15) is 12.7 Å². The van der Waals surface area contributed by atoms with Crippen molar-refractivity contribution in [1.82, 2.24) is 9.36 Å². The highest BCUT2D eigenvalue weighted by Crippen LogP contribution is 2.34. The molecule has 94 valence electrons. The van der Waals surface area contributed by atoms with Crippen LogP contribution in [-0.4, -0.2) is 14.3 Å². The summed E-state index contributed by atoms with van der Waals surface area (Å²) in [5.41, 5.74) is 6.14. The Bertz CT molecular complexity index is 585. The van der Waals surface area contributed by atoms with E-state index < -0.39 is 4.92 Å². The number of aromatic nitrogens is 2. The molecule has 2 rings (SSSR count). The molecular weight excluding hydrogens is 272 g/mol. The first-order chi connectivity index (χ1) is 8.60. The van der Waals surface area contributed by atoms with Gasteiger partial charge in [0.2, 0.25) is 0 Å². The Balaban J connectivity index is 2.21. The molecule has 6 nitrogen and oxygen atoms in total. The molecular formula is C10H10N4O2S2. The van der Waals surface area contributed by atoms with Crippen LogP contribution in [0.3, 0.4) is 0 Å². The number of nitro groups is 1. The van der Waals surface area contributed by atoms with Gasteiger partial charge >= 0.3 is 0 Å². The maximum absolute atomic E-state index is 10.6. The molecule has 2 aromatic rings. The highest BCUT2D eigenvalue weighted by molar-refractivity contribution is 8.01. The van der Waals surface area contributed by atoms with Crippen molar-refractivity contribution in [2.75, 3.05) is 5.73 Å². The maximum atomic E-state index is 10.6. The molecule has 0 bridgehead atoms. The number of aryl methyl sites for hydroxylation is 1. The third-order valence-corrected chi connectivity index (χ3v) is 4.05. The third kappa shape index (κ3) is 2.77. The lowest BCUT2D eigenvalue weighted by molar-refractivity contribution is -0.384. The van der Waals surface area contributed by atoms with Gasteiger partial charge in [-0.05, 0) is 17.6 Å². The first-order valence-electron chi connectivity index (χ1n) is 5.14. The monoisotopic (exact) mass is 282 g/mol. The Morgan fingerprint density at radius 2 is 2.33 bits per heavy atom. The van der Waals surface area contributed by atoms with Gasteiger partial charge in [-0.1, -0.05) is 18.7 Å². The fraction of sp³-hybridized carbons (Fsp3) is 0.200. The third-order valence-electron chi connectivity index (χ3n) is 2.17. The van der Waals surface area contributed by atoms with Gasteiger partial charge in [-0.15, -0.1) is 0 Å². The van der Waals surface area contributed by atoms with Gasteiger partial charge in [-0.25, -0.2) is 4.98 Å². The predicted molar refractivity (Wildman–Crippen MR) is 70.9 cm³/mol. The fourth-order valence-corrected chi connectivity index (χ4v) is 2.94. The van der Waals surface area contributed by atoms with Crippen LogP contribution in [0.4, 0.5) is 11.4 Å². The second-order valence-electron chi connectivity index (χ2n) is 3.41. The van der Waals surface area contributed by atoms with Crippen LogP contribution in [0.15, 0.2) is 27.4 Å². The number of benzene rings is 1. The molecule has 0 radical (unpaired) electrons. The molecule has 0 saturated carbocycles. The number of nitrogen functional groups attached to an aromatic ring is 1. The lowest BCUT2D eigenvalue weighted by Crippen LogP contribution is -1.93. The summed E-state index contributed by atoms with van der Waals surface area (Å²) >= 11 is 2.67. The summed E-state index contributed by atoms with van der Waals surface area (Å²) in [6.07, 6.45) is 0.785. The molecule has 1 aromatic carbocycles. The van der Waals surface area contributed by atoms with E-state index in [1.54, 1.807) is 6.07 Å². The summed E-state index contributed by atoms with van der Waals surface area (Å²) in [4.78, 5) is 15.2. The van der Waals surface area contributed by atoms with Crippen LogP contribution in [-0.2, 0) is 6.42 Å². The highest BCUT2D eigenvalue weighted by Gasteiger charge is 2.11. The van der Waals surface area contributed by atoms with Gasteiger partial charge in [0, 0.05) is 23.4 Å². The number of anilines is 1. The second kappa shape index (κ2) is 5.32. The summed E-state index contributed by atoms with van der Waals surface area (Å²) in [6, 6.07) is 4.41.